The standard InChI is InChI=1S/C18H23N3O6/c1-21-15(17(24)26-2)13(10-20-21)16(23)14(22)8-9-19-18(25)27-11-12-6-4-3-5-7-12/h3-7,10,14,16,22-23H,8-9,11H2,1-2H3,(H,19,25). The molecule has 1 amide bonds. The predicted octanol–water partition coefficient (Wildman–Crippen LogP) is 0.917. The van der Waals surface area contributed by atoms with Gasteiger partial charge in [-0.15, -0.1) is 0 Å². The van der Waals surface area contributed by atoms with E-state index in [0.717, 1.165) is 5.56 Å². The van der Waals surface area contributed by atoms with Gasteiger partial charge < -0.3 is 25.0 Å². The Morgan fingerprint density at radius 2 is 1.96 bits per heavy atom. The minimum atomic E-state index is -1.35. The van der Waals surface area contributed by atoms with E-state index >= 15 is 0 Å². The molecule has 0 aliphatic rings. The highest BCUT2D eigenvalue weighted by Crippen LogP contribution is 2.22. The van der Waals surface area contributed by atoms with Crippen molar-refractivity contribution in [3.63, 3.8) is 0 Å². The summed E-state index contributed by atoms with van der Waals surface area (Å²) in [5.74, 6) is -0.668. The van der Waals surface area contributed by atoms with Crippen LogP contribution >= 0.6 is 0 Å². The van der Waals surface area contributed by atoms with E-state index in [9.17, 15) is 19.8 Å². The van der Waals surface area contributed by atoms with Gasteiger partial charge in [0, 0.05) is 19.2 Å². The van der Waals surface area contributed by atoms with E-state index in [4.69, 9.17) is 4.74 Å². The van der Waals surface area contributed by atoms with Crippen LogP contribution in [0.2, 0.25) is 0 Å². The van der Waals surface area contributed by atoms with Crippen LogP contribution in [0.3, 0.4) is 0 Å². The number of rotatable bonds is 8. The number of esters is 1. The lowest BCUT2D eigenvalue weighted by Crippen LogP contribution is -2.30. The molecule has 1 aromatic heterocycles. The van der Waals surface area contributed by atoms with Crippen molar-refractivity contribution in [3.8, 4) is 0 Å². The van der Waals surface area contributed by atoms with Gasteiger partial charge in [-0.05, 0) is 12.0 Å². The minimum Gasteiger partial charge on any atom is -0.464 e. The SMILES string of the molecule is COC(=O)c1c(C(O)C(O)CCNC(=O)OCc2ccccc2)cnn1C. The molecule has 0 fully saturated rings. The van der Waals surface area contributed by atoms with Crippen LogP contribution in [0.4, 0.5) is 4.79 Å². The average molecular weight is 377 g/mol. The first-order valence-corrected chi connectivity index (χ1v) is 8.35. The highest BCUT2D eigenvalue weighted by atomic mass is 16.5. The summed E-state index contributed by atoms with van der Waals surface area (Å²) in [5, 5.41) is 26.8. The molecule has 2 aromatic rings. The van der Waals surface area contributed by atoms with Crippen molar-refractivity contribution in [1.82, 2.24) is 15.1 Å². The second-order valence-corrected chi connectivity index (χ2v) is 5.85. The lowest BCUT2D eigenvalue weighted by molar-refractivity contribution is 0.0124. The first kappa shape index (κ1) is 20.4. The summed E-state index contributed by atoms with van der Waals surface area (Å²) in [6.07, 6.45) is -1.85. The van der Waals surface area contributed by atoms with Crippen molar-refractivity contribution in [2.24, 2.45) is 7.05 Å². The lowest BCUT2D eigenvalue weighted by atomic mass is 10.0. The predicted molar refractivity (Wildman–Crippen MR) is 94.8 cm³/mol. The molecule has 2 rings (SSSR count). The smallest absolute Gasteiger partial charge is 0.407 e. The molecule has 0 bridgehead atoms. The van der Waals surface area contributed by atoms with Crippen molar-refractivity contribution < 1.29 is 29.3 Å². The number of methoxy groups -OCH3 is 1. The van der Waals surface area contributed by atoms with Gasteiger partial charge >= 0.3 is 12.1 Å². The molecule has 27 heavy (non-hydrogen) atoms. The summed E-state index contributed by atoms with van der Waals surface area (Å²) in [6.45, 7) is 0.218. The monoisotopic (exact) mass is 377 g/mol. The number of alkyl carbamates (subject to hydrolysis) is 1. The fourth-order valence-corrected chi connectivity index (χ4v) is 2.48. The second kappa shape index (κ2) is 9.70. The molecule has 2 atom stereocenters. The molecule has 0 radical (unpaired) electrons. The molecule has 1 heterocycles. The topological polar surface area (TPSA) is 123 Å². The summed E-state index contributed by atoms with van der Waals surface area (Å²) < 4.78 is 11.0. The first-order valence-electron chi connectivity index (χ1n) is 8.35. The zero-order chi connectivity index (χ0) is 19.8. The third kappa shape index (κ3) is 5.53. The summed E-state index contributed by atoms with van der Waals surface area (Å²) in [7, 11) is 2.74. The van der Waals surface area contributed by atoms with Crippen LogP contribution in [0.15, 0.2) is 36.5 Å². The zero-order valence-corrected chi connectivity index (χ0v) is 15.2. The molecule has 0 spiro atoms. The number of aliphatic hydroxyl groups is 2. The van der Waals surface area contributed by atoms with Crippen molar-refractivity contribution in [1.29, 1.82) is 0 Å². The fraction of sp³-hybridized carbons (Fsp3) is 0.389. The lowest BCUT2D eigenvalue weighted by Gasteiger charge is -2.18. The number of amides is 1. The Balaban J connectivity index is 1.81. The summed E-state index contributed by atoms with van der Waals surface area (Å²) in [4.78, 5) is 23.5. The molecule has 146 valence electrons. The van der Waals surface area contributed by atoms with Gasteiger partial charge in [-0.1, -0.05) is 30.3 Å². The van der Waals surface area contributed by atoms with E-state index in [2.05, 4.69) is 15.2 Å². The number of ether oxygens (including phenoxy) is 2. The van der Waals surface area contributed by atoms with Gasteiger partial charge in [0.25, 0.3) is 0 Å². The third-order valence-electron chi connectivity index (χ3n) is 3.95. The van der Waals surface area contributed by atoms with Gasteiger partial charge in [0.1, 0.15) is 12.7 Å². The summed E-state index contributed by atoms with van der Waals surface area (Å²) in [6, 6.07) is 9.22. The van der Waals surface area contributed by atoms with Gasteiger partial charge in [0.15, 0.2) is 5.69 Å². The Labute approximate surface area is 156 Å². The maximum atomic E-state index is 11.8. The number of hydrogen-bond acceptors (Lipinski definition) is 7. The van der Waals surface area contributed by atoms with Crippen LogP contribution in [0.25, 0.3) is 0 Å². The summed E-state index contributed by atoms with van der Waals surface area (Å²) >= 11 is 0. The molecule has 9 nitrogen and oxygen atoms in total. The average Bonchev–Trinajstić information content (AvgIpc) is 3.07. The maximum absolute atomic E-state index is 11.8. The Morgan fingerprint density at radius 3 is 2.63 bits per heavy atom. The number of aryl methyl sites for hydroxylation is 1. The number of nitrogens with zero attached hydrogens (tertiary/aromatic N) is 2. The van der Waals surface area contributed by atoms with Gasteiger partial charge in [0.05, 0.1) is 19.4 Å². The van der Waals surface area contributed by atoms with Crippen molar-refractivity contribution in [3.05, 3.63) is 53.3 Å². The molecular weight excluding hydrogens is 354 g/mol. The molecule has 0 saturated heterocycles. The molecule has 9 heteroatoms. The van der Waals surface area contributed by atoms with E-state index < -0.39 is 24.3 Å². The molecule has 1 aromatic carbocycles. The number of benzene rings is 1. The number of aliphatic hydroxyl groups excluding tert-OH is 2. The number of carbonyl (C=O) groups excluding carboxylic acids is 2. The molecule has 2 unspecified atom stereocenters. The van der Waals surface area contributed by atoms with Crippen molar-refractivity contribution in [2.45, 2.75) is 25.2 Å². The van der Waals surface area contributed by atoms with Crippen LogP contribution in [-0.4, -0.2) is 51.8 Å². The van der Waals surface area contributed by atoms with E-state index in [0.29, 0.717) is 0 Å². The second-order valence-electron chi connectivity index (χ2n) is 5.85. The normalized spacial score (nSPS) is 12.9. The Morgan fingerprint density at radius 1 is 1.26 bits per heavy atom. The van der Waals surface area contributed by atoms with E-state index in [1.165, 1.54) is 25.0 Å². The van der Waals surface area contributed by atoms with Crippen LogP contribution in [0, 0.1) is 0 Å². The quantitative estimate of drug-likeness (QED) is 0.585. The van der Waals surface area contributed by atoms with E-state index in [1.54, 1.807) is 0 Å². The number of hydrogen-bond donors (Lipinski definition) is 3. The highest BCUT2D eigenvalue weighted by Gasteiger charge is 2.27. The molecule has 0 aliphatic carbocycles. The van der Waals surface area contributed by atoms with Crippen LogP contribution in [0.1, 0.15) is 34.1 Å². The van der Waals surface area contributed by atoms with Crippen LogP contribution < -0.4 is 5.32 Å². The van der Waals surface area contributed by atoms with Crippen molar-refractivity contribution in [2.75, 3.05) is 13.7 Å². The zero-order valence-electron chi connectivity index (χ0n) is 15.2. The minimum absolute atomic E-state index is 0.0527. The van der Waals surface area contributed by atoms with Crippen molar-refractivity contribution >= 4 is 12.1 Å². The molecule has 3 N–H and O–H groups in total. The van der Waals surface area contributed by atoms with Crippen LogP contribution in [-0.2, 0) is 23.1 Å². The Hall–Kier alpha value is -2.91. The first-order chi connectivity index (χ1) is 12.9. The number of aromatic nitrogens is 2. The highest BCUT2D eigenvalue weighted by molar-refractivity contribution is 5.89. The number of nitrogens with one attached hydrogen (secondary N) is 1. The Kier molecular flexibility index (Phi) is 7.33. The number of carbonyl (C=O) groups is 2. The largest absolute Gasteiger partial charge is 0.464 e. The van der Waals surface area contributed by atoms with Crippen LogP contribution in [0.5, 0.6) is 0 Å². The van der Waals surface area contributed by atoms with Gasteiger partial charge in [0.2, 0.25) is 0 Å². The van der Waals surface area contributed by atoms with Gasteiger partial charge in [-0.2, -0.15) is 5.10 Å². The third-order valence-corrected chi connectivity index (χ3v) is 3.95. The Bertz CT molecular complexity index is 762. The van der Waals surface area contributed by atoms with E-state index in [1.807, 2.05) is 30.3 Å². The van der Waals surface area contributed by atoms with E-state index in [-0.39, 0.29) is 30.8 Å². The molecule has 0 saturated carbocycles. The molecular formula is C18H23N3O6. The summed E-state index contributed by atoms with van der Waals surface area (Å²) in [5.41, 5.74) is 1.07. The fourth-order valence-electron chi connectivity index (χ4n) is 2.48. The van der Waals surface area contributed by atoms with Gasteiger partial charge in [-0.25, -0.2) is 9.59 Å². The molecule has 0 aliphatic heterocycles. The maximum Gasteiger partial charge on any atom is 0.407 e. The van der Waals surface area contributed by atoms with Gasteiger partial charge in [-0.3, -0.25) is 4.68 Å².